The highest BCUT2D eigenvalue weighted by Crippen LogP contribution is 2.23. The zero-order valence-corrected chi connectivity index (χ0v) is 16.8. The van der Waals surface area contributed by atoms with E-state index in [4.69, 9.17) is 9.15 Å². The van der Waals surface area contributed by atoms with E-state index in [2.05, 4.69) is 15.5 Å². The summed E-state index contributed by atoms with van der Waals surface area (Å²) >= 11 is 0. The number of hydrogen-bond acceptors (Lipinski definition) is 7. The van der Waals surface area contributed by atoms with Crippen molar-refractivity contribution in [2.75, 3.05) is 25.0 Å². The topological polar surface area (TPSA) is 115 Å². The molecule has 10 heteroatoms. The minimum absolute atomic E-state index is 0.166. The Kier molecular flexibility index (Phi) is 5.77. The van der Waals surface area contributed by atoms with Crippen LogP contribution in [-0.2, 0) is 14.8 Å². The summed E-state index contributed by atoms with van der Waals surface area (Å²) in [7, 11) is -3.54. The molecule has 1 aliphatic rings. The average Bonchev–Trinajstić information content (AvgIpc) is 3.47. The van der Waals surface area contributed by atoms with Gasteiger partial charge in [0.2, 0.25) is 22.3 Å². The molecule has 1 saturated heterocycles. The van der Waals surface area contributed by atoms with Crippen LogP contribution in [0.25, 0.3) is 11.5 Å². The number of sulfonamides is 1. The van der Waals surface area contributed by atoms with E-state index < -0.39 is 15.9 Å². The minimum Gasteiger partial charge on any atom is -0.484 e. The predicted octanol–water partition coefficient (Wildman–Crippen LogP) is 2.54. The zero-order chi connectivity index (χ0) is 21.0. The number of nitrogens with one attached hydrogen (secondary N) is 1. The molecule has 2 heterocycles. The number of benzene rings is 2. The molecule has 156 valence electrons. The molecule has 1 amide bonds. The van der Waals surface area contributed by atoms with Crippen molar-refractivity contribution in [3.8, 4) is 17.2 Å². The van der Waals surface area contributed by atoms with Crippen molar-refractivity contribution < 1.29 is 22.4 Å². The molecule has 1 N–H and O–H groups in total. The first-order valence-corrected chi connectivity index (χ1v) is 10.9. The highest BCUT2D eigenvalue weighted by atomic mass is 32.2. The number of anilines is 1. The molecule has 0 aliphatic carbocycles. The van der Waals surface area contributed by atoms with Gasteiger partial charge in [0.15, 0.2) is 6.61 Å². The first-order chi connectivity index (χ1) is 14.5. The van der Waals surface area contributed by atoms with Gasteiger partial charge in [-0.25, -0.2) is 8.42 Å². The van der Waals surface area contributed by atoms with Crippen molar-refractivity contribution >= 4 is 21.6 Å². The molecular weight excluding hydrogens is 408 g/mol. The summed E-state index contributed by atoms with van der Waals surface area (Å²) in [6.07, 6.45) is 2.97. The second-order valence-corrected chi connectivity index (χ2v) is 8.68. The molecule has 1 aliphatic heterocycles. The maximum atomic E-state index is 12.7. The van der Waals surface area contributed by atoms with E-state index in [-0.39, 0.29) is 11.5 Å². The van der Waals surface area contributed by atoms with Gasteiger partial charge in [0.1, 0.15) is 5.75 Å². The van der Waals surface area contributed by atoms with Crippen molar-refractivity contribution in [1.82, 2.24) is 14.5 Å². The fraction of sp³-hybridized carbons (Fsp3) is 0.250. The van der Waals surface area contributed by atoms with E-state index in [1.165, 1.54) is 22.8 Å². The predicted molar refractivity (Wildman–Crippen MR) is 108 cm³/mol. The molecule has 0 radical (unpaired) electrons. The smallest absolute Gasteiger partial charge is 0.262 e. The summed E-state index contributed by atoms with van der Waals surface area (Å²) in [6, 6.07) is 13.1. The summed E-state index contributed by atoms with van der Waals surface area (Å²) in [5, 5.41) is 10.1. The number of ether oxygens (including phenoxy) is 1. The van der Waals surface area contributed by atoms with E-state index in [1.807, 2.05) is 0 Å². The van der Waals surface area contributed by atoms with Gasteiger partial charge in [-0.3, -0.25) is 4.79 Å². The van der Waals surface area contributed by atoms with E-state index in [1.54, 1.807) is 36.4 Å². The molecule has 3 aromatic rings. The second-order valence-electron chi connectivity index (χ2n) is 6.74. The van der Waals surface area contributed by atoms with Crippen LogP contribution in [0.3, 0.4) is 0 Å². The van der Waals surface area contributed by atoms with Crippen LogP contribution in [0.1, 0.15) is 12.8 Å². The lowest BCUT2D eigenvalue weighted by atomic mass is 10.2. The maximum absolute atomic E-state index is 12.7. The van der Waals surface area contributed by atoms with Crippen molar-refractivity contribution in [2.45, 2.75) is 17.7 Å². The normalized spacial score (nSPS) is 14.5. The van der Waals surface area contributed by atoms with Gasteiger partial charge >= 0.3 is 0 Å². The monoisotopic (exact) mass is 428 g/mol. The van der Waals surface area contributed by atoms with Crippen LogP contribution >= 0.6 is 0 Å². The van der Waals surface area contributed by atoms with Crippen LogP contribution in [0.4, 0.5) is 5.69 Å². The van der Waals surface area contributed by atoms with Gasteiger partial charge in [0.05, 0.1) is 4.90 Å². The summed E-state index contributed by atoms with van der Waals surface area (Å²) in [6.45, 7) is 0.832. The number of carbonyl (C=O) groups excluding carboxylic acids is 1. The number of nitrogens with zero attached hydrogens (tertiary/aromatic N) is 3. The Morgan fingerprint density at radius 3 is 2.60 bits per heavy atom. The van der Waals surface area contributed by atoms with Gasteiger partial charge < -0.3 is 14.5 Å². The Bertz CT molecular complexity index is 1110. The highest BCUT2D eigenvalue weighted by molar-refractivity contribution is 7.89. The summed E-state index contributed by atoms with van der Waals surface area (Å²) in [5.74, 6) is 0.494. The fourth-order valence-corrected chi connectivity index (χ4v) is 4.71. The van der Waals surface area contributed by atoms with Gasteiger partial charge in [-0.1, -0.05) is 6.07 Å². The molecule has 0 saturated carbocycles. The lowest BCUT2D eigenvalue weighted by Gasteiger charge is -2.16. The molecule has 0 atom stereocenters. The zero-order valence-electron chi connectivity index (χ0n) is 16.0. The molecule has 30 heavy (non-hydrogen) atoms. The van der Waals surface area contributed by atoms with Crippen LogP contribution in [0.15, 0.2) is 64.2 Å². The van der Waals surface area contributed by atoms with Crippen LogP contribution in [-0.4, -0.2) is 48.5 Å². The third-order valence-corrected chi connectivity index (χ3v) is 6.55. The van der Waals surface area contributed by atoms with E-state index >= 15 is 0 Å². The quantitative estimate of drug-likeness (QED) is 0.615. The fourth-order valence-electron chi connectivity index (χ4n) is 3.15. The van der Waals surface area contributed by atoms with Crippen molar-refractivity contribution in [2.24, 2.45) is 0 Å². The third kappa shape index (κ3) is 4.50. The molecule has 2 aromatic carbocycles. The van der Waals surface area contributed by atoms with E-state index in [9.17, 15) is 13.2 Å². The molecule has 0 spiro atoms. The van der Waals surface area contributed by atoms with Gasteiger partial charge in [0.25, 0.3) is 5.91 Å². The summed E-state index contributed by atoms with van der Waals surface area (Å²) < 4.78 is 37.4. The van der Waals surface area contributed by atoms with Gasteiger partial charge in [0, 0.05) is 24.3 Å². The maximum Gasteiger partial charge on any atom is 0.262 e. The van der Waals surface area contributed by atoms with Gasteiger partial charge in [-0.2, -0.15) is 4.31 Å². The largest absolute Gasteiger partial charge is 0.484 e. The first-order valence-electron chi connectivity index (χ1n) is 9.42. The lowest BCUT2D eigenvalue weighted by molar-refractivity contribution is -0.118. The Morgan fingerprint density at radius 1 is 1.13 bits per heavy atom. The van der Waals surface area contributed by atoms with Gasteiger partial charge in [-0.15, -0.1) is 10.2 Å². The highest BCUT2D eigenvalue weighted by Gasteiger charge is 2.27. The van der Waals surface area contributed by atoms with Crippen LogP contribution < -0.4 is 10.1 Å². The third-order valence-electron chi connectivity index (χ3n) is 4.65. The second kappa shape index (κ2) is 8.64. The first kappa shape index (κ1) is 20.0. The Morgan fingerprint density at radius 2 is 1.90 bits per heavy atom. The van der Waals surface area contributed by atoms with Crippen LogP contribution in [0.5, 0.6) is 5.75 Å². The summed E-state index contributed by atoms with van der Waals surface area (Å²) in [4.78, 5) is 12.4. The Balaban J connectivity index is 1.35. The standard InChI is InChI=1S/C20H20N4O5S/c25-19(13-28-17-8-6-15(7-9-17)20-23-21-14-29-20)22-16-4-3-5-18(12-16)30(26,27)24-10-1-2-11-24/h3-9,12,14H,1-2,10-11,13H2,(H,22,25). The molecule has 1 aromatic heterocycles. The molecular formula is C20H20N4O5S. The van der Waals surface area contributed by atoms with Gasteiger partial charge in [-0.05, 0) is 55.3 Å². The number of carbonyl (C=O) groups is 1. The molecule has 9 nitrogen and oxygen atoms in total. The van der Waals surface area contributed by atoms with Crippen LogP contribution in [0.2, 0.25) is 0 Å². The molecule has 0 bridgehead atoms. The van der Waals surface area contributed by atoms with E-state index in [0.717, 1.165) is 18.4 Å². The van der Waals surface area contributed by atoms with Crippen molar-refractivity contribution in [1.29, 1.82) is 0 Å². The average molecular weight is 428 g/mol. The minimum atomic E-state index is -3.54. The molecule has 1 fully saturated rings. The SMILES string of the molecule is O=C(COc1ccc(-c2nnco2)cc1)Nc1cccc(S(=O)(=O)N2CCCC2)c1. The van der Waals surface area contributed by atoms with Crippen molar-refractivity contribution in [3.63, 3.8) is 0 Å². The number of rotatable bonds is 7. The Hall–Kier alpha value is -3.24. The van der Waals surface area contributed by atoms with Crippen molar-refractivity contribution in [3.05, 3.63) is 54.9 Å². The number of amides is 1. The summed E-state index contributed by atoms with van der Waals surface area (Å²) in [5.41, 5.74) is 1.14. The number of aromatic nitrogens is 2. The molecule has 4 rings (SSSR count). The van der Waals surface area contributed by atoms with Crippen LogP contribution in [0, 0.1) is 0 Å². The number of hydrogen-bond donors (Lipinski definition) is 1. The molecule has 0 unspecified atom stereocenters. The lowest BCUT2D eigenvalue weighted by Crippen LogP contribution is -2.28. The Labute approximate surface area is 173 Å². The van der Waals surface area contributed by atoms with E-state index in [0.29, 0.717) is 30.4 Å².